The van der Waals surface area contributed by atoms with Gasteiger partial charge in [0.15, 0.2) is 17.5 Å². The van der Waals surface area contributed by atoms with Crippen LogP contribution in [0.4, 0.5) is 0 Å². The molecule has 8 aromatic carbocycles. The summed E-state index contributed by atoms with van der Waals surface area (Å²) in [6, 6.07) is 65.4. The van der Waals surface area contributed by atoms with E-state index in [0.29, 0.717) is 23.0 Å². The summed E-state index contributed by atoms with van der Waals surface area (Å²) in [5, 5.41) is 17.0. The minimum absolute atomic E-state index is 0.549. The lowest BCUT2D eigenvalue weighted by molar-refractivity contribution is 1.07. The molecular formula is C52H30N6S. The third kappa shape index (κ3) is 5.07. The van der Waals surface area contributed by atoms with E-state index < -0.39 is 0 Å². The number of fused-ring (bicyclic) bond motifs is 12. The van der Waals surface area contributed by atoms with Gasteiger partial charge in [0.05, 0.1) is 33.7 Å². The molecule has 59 heavy (non-hydrogen) atoms. The zero-order chi connectivity index (χ0) is 39.0. The van der Waals surface area contributed by atoms with Crippen molar-refractivity contribution in [3.63, 3.8) is 0 Å². The highest BCUT2D eigenvalue weighted by molar-refractivity contribution is 7.27. The molecule has 0 bridgehead atoms. The molecule has 4 heterocycles. The minimum atomic E-state index is 0.549. The van der Waals surface area contributed by atoms with Gasteiger partial charge in [0.25, 0.3) is 0 Å². The number of nitrogens with zero attached hydrogens (tertiary/aromatic N) is 6. The van der Waals surface area contributed by atoms with Gasteiger partial charge in [-0.3, -0.25) is 0 Å². The Balaban J connectivity index is 1.15. The predicted molar refractivity (Wildman–Crippen MR) is 242 cm³/mol. The molecule has 0 aliphatic carbocycles. The van der Waals surface area contributed by atoms with Crippen LogP contribution in [0.1, 0.15) is 5.56 Å². The number of hydrogen-bond donors (Lipinski definition) is 0. The standard InChI is InChI=1S/C52H30N6S/c53-31-32-23-25-34(26-24-32)51-54-50(33-13-3-1-4-14-33)55-52(56-51)35-27-29-37(30-28-35)58-41-20-10-7-17-38(41)44-45-40-19-9-12-22-43(40)59-49(45)46-39-18-8-11-21-42(39)57(48(46)47(44)58)36-15-5-2-6-16-36/h1-30H. The van der Waals surface area contributed by atoms with Crippen LogP contribution in [0.2, 0.25) is 0 Å². The fraction of sp³-hybridized carbons (Fsp3) is 0. The Labute approximate surface area is 342 Å². The molecule has 12 aromatic rings. The largest absolute Gasteiger partial charge is 0.307 e. The molecule has 0 spiro atoms. The number of nitriles is 1. The van der Waals surface area contributed by atoms with Crippen LogP contribution in [-0.2, 0) is 0 Å². The minimum Gasteiger partial charge on any atom is -0.307 e. The van der Waals surface area contributed by atoms with Crippen LogP contribution >= 0.6 is 11.3 Å². The van der Waals surface area contributed by atoms with Crippen LogP contribution in [0.3, 0.4) is 0 Å². The van der Waals surface area contributed by atoms with Crippen molar-refractivity contribution in [2.45, 2.75) is 0 Å². The Bertz CT molecular complexity index is 3650. The van der Waals surface area contributed by atoms with Crippen molar-refractivity contribution in [2.75, 3.05) is 0 Å². The summed E-state index contributed by atoms with van der Waals surface area (Å²) >= 11 is 1.89. The van der Waals surface area contributed by atoms with E-state index >= 15 is 0 Å². The van der Waals surface area contributed by atoms with Gasteiger partial charge >= 0.3 is 0 Å². The van der Waals surface area contributed by atoms with Crippen molar-refractivity contribution < 1.29 is 0 Å². The average Bonchev–Trinajstić information content (AvgIpc) is 3.98. The highest BCUT2D eigenvalue weighted by atomic mass is 32.1. The molecule has 0 aliphatic heterocycles. The second-order valence-electron chi connectivity index (χ2n) is 14.7. The molecule has 0 radical (unpaired) electrons. The van der Waals surface area contributed by atoms with E-state index in [-0.39, 0.29) is 0 Å². The van der Waals surface area contributed by atoms with Gasteiger partial charge < -0.3 is 9.13 Å². The van der Waals surface area contributed by atoms with E-state index in [1.807, 2.05) is 53.8 Å². The maximum atomic E-state index is 9.43. The number of thiophene rings is 1. The molecule has 0 unspecified atom stereocenters. The van der Waals surface area contributed by atoms with Gasteiger partial charge in [-0.15, -0.1) is 11.3 Å². The molecule has 0 amide bonds. The van der Waals surface area contributed by atoms with Gasteiger partial charge in [0.1, 0.15) is 0 Å². The lowest BCUT2D eigenvalue weighted by Gasteiger charge is -2.14. The second-order valence-corrected chi connectivity index (χ2v) is 15.8. The molecule has 0 fully saturated rings. The van der Waals surface area contributed by atoms with Crippen LogP contribution in [0.15, 0.2) is 182 Å². The van der Waals surface area contributed by atoms with Crippen molar-refractivity contribution in [3.05, 3.63) is 188 Å². The van der Waals surface area contributed by atoms with E-state index in [1.165, 1.54) is 58.3 Å². The molecular weight excluding hydrogens is 741 g/mol. The normalized spacial score (nSPS) is 11.7. The van der Waals surface area contributed by atoms with Crippen molar-refractivity contribution in [3.8, 4) is 51.6 Å². The fourth-order valence-corrected chi connectivity index (χ4v) is 10.1. The summed E-state index contributed by atoms with van der Waals surface area (Å²) in [7, 11) is 0. The summed E-state index contributed by atoms with van der Waals surface area (Å²) in [5.74, 6) is 1.71. The molecule has 7 heteroatoms. The molecule has 12 rings (SSSR count). The molecule has 0 saturated carbocycles. The van der Waals surface area contributed by atoms with Gasteiger partial charge in [-0.2, -0.15) is 5.26 Å². The topological polar surface area (TPSA) is 72.3 Å². The molecule has 4 aromatic heterocycles. The van der Waals surface area contributed by atoms with E-state index in [1.54, 1.807) is 12.1 Å². The van der Waals surface area contributed by atoms with E-state index in [9.17, 15) is 5.26 Å². The predicted octanol–water partition coefficient (Wildman–Crippen LogP) is 13.3. The number of benzene rings is 8. The molecule has 0 atom stereocenters. The third-order valence-electron chi connectivity index (χ3n) is 11.4. The molecule has 0 saturated heterocycles. The Kier molecular flexibility index (Phi) is 7.36. The van der Waals surface area contributed by atoms with Crippen LogP contribution in [0.25, 0.3) is 109 Å². The maximum Gasteiger partial charge on any atom is 0.164 e. The molecule has 6 nitrogen and oxygen atoms in total. The van der Waals surface area contributed by atoms with E-state index in [2.05, 4.69) is 143 Å². The maximum absolute atomic E-state index is 9.43. The number of para-hydroxylation sites is 3. The van der Waals surface area contributed by atoms with Crippen molar-refractivity contribution >= 4 is 75.1 Å². The average molecular weight is 771 g/mol. The van der Waals surface area contributed by atoms with E-state index in [0.717, 1.165) is 33.6 Å². The summed E-state index contributed by atoms with van der Waals surface area (Å²) < 4.78 is 7.49. The molecule has 274 valence electrons. The highest BCUT2D eigenvalue weighted by Crippen LogP contribution is 2.51. The Morgan fingerprint density at radius 2 is 0.864 bits per heavy atom. The van der Waals surface area contributed by atoms with Crippen molar-refractivity contribution in [2.24, 2.45) is 0 Å². The Hall–Kier alpha value is -7.92. The van der Waals surface area contributed by atoms with Crippen LogP contribution in [-0.4, -0.2) is 24.1 Å². The summed E-state index contributed by atoms with van der Waals surface area (Å²) in [6.45, 7) is 0. The Morgan fingerprint density at radius 1 is 0.407 bits per heavy atom. The SMILES string of the molecule is N#Cc1ccc(-c2nc(-c3ccccc3)nc(-c3ccc(-n4c5ccccc5c5c6c7ccccc7sc6c6c7ccccc7n(-c7ccccc7)c6c54)cc3)n2)cc1. The van der Waals surface area contributed by atoms with E-state index in [4.69, 9.17) is 15.0 Å². The van der Waals surface area contributed by atoms with Crippen LogP contribution < -0.4 is 0 Å². The fourth-order valence-electron chi connectivity index (χ4n) is 8.80. The quantitative estimate of drug-likeness (QED) is 0.175. The van der Waals surface area contributed by atoms with Crippen LogP contribution in [0, 0.1) is 11.3 Å². The number of hydrogen-bond acceptors (Lipinski definition) is 5. The van der Waals surface area contributed by atoms with Gasteiger partial charge in [-0.05, 0) is 78.9 Å². The summed E-state index contributed by atoms with van der Waals surface area (Å²) in [5.41, 5.74) is 10.00. The first-order valence-corrected chi connectivity index (χ1v) is 20.3. The summed E-state index contributed by atoms with van der Waals surface area (Å²) in [4.78, 5) is 14.9. The lowest BCUT2D eigenvalue weighted by atomic mass is 10.0. The lowest BCUT2D eigenvalue weighted by Crippen LogP contribution is -2.01. The second kappa shape index (κ2) is 13.1. The van der Waals surface area contributed by atoms with Gasteiger partial charge in [0, 0.05) is 69.8 Å². The first-order valence-electron chi connectivity index (χ1n) is 19.5. The third-order valence-corrected chi connectivity index (χ3v) is 12.6. The highest BCUT2D eigenvalue weighted by Gasteiger charge is 2.26. The smallest absolute Gasteiger partial charge is 0.164 e. The van der Waals surface area contributed by atoms with Crippen LogP contribution in [0.5, 0.6) is 0 Å². The first kappa shape index (κ1) is 33.2. The summed E-state index contributed by atoms with van der Waals surface area (Å²) in [6.07, 6.45) is 0. The number of aromatic nitrogens is 5. The zero-order valence-corrected chi connectivity index (χ0v) is 32.2. The van der Waals surface area contributed by atoms with Crippen molar-refractivity contribution in [1.82, 2.24) is 24.1 Å². The van der Waals surface area contributed by atoms with Gasteiger partial charge in [-0.25, -0.2) is 15.0 Å². The first-order chi connectivity index (χ1) is 29.2. The molecule has 0 N–H and O–H groups in total. The molecule has 0 aliphatic rings. The Morgan fingerprint density at radius 3 is 1.47 bits per heavy atom. The van der Waals surface area contributed by atoms with Crippen molar-refractivity contribution in [1.29, 1.82) is 5.26 Å². The number of rotatable bonds is 5. The monoisotopic (exact) mass is 770 g/mol. The van der Waals surface area contributed by atoms with Gasteiger partial charge in [0.2, 0.25) is 0 Å². The van der Waals surface area contributed by atoms with Gasteiger partial charge in [-0.1, -0.05) is 103 Å². The zero-order valence-electron chi connectivity index (χ0n) is 31.4.